The van der Waals surface area contributed by atoms with Gasteiger partial charge in [0.15, 0.2) is 30.4 Å². The van der Waals surface area contributed by atoms with Gasteiger partial charge in [0.2, 0.25) is 0 Å². The molecule has 0 aromatic carbocycles. The number of hydrogen-bond acceptors (Lipinski definition) is 28. The second-order valence-corrected chi connectivity index (χ2v) is 27.7. The van der Waals surface area contributed by atoms with Crippen molar-refractivity contribution in [3.8, 4) is 0 Å². The third-order valence-electron chi connectivity index (χ3n) is 10.9. The van der Waals surface area contributed by atoms with Gasteiger partial charge in [0.25, 0.3) is 23.6 Å². The first-order chi connectivity index (χ1) is 38.6. The fourth-order valence-corrected chi connectivity index (χ4v) is 17.8. The van der Waals surface area contributed by atoms with Gasteiger partial charge in [0.1, 0.15) is 48.4 Å². The topological polar surface area (TPSA) is 488 Å². The Balaban J connectivity index is 0.000000300. The monoisotopic (exact) mass is 1370 g/mol. The van der Waals surface area contributed by atoms with Gasteiger partial charge in [-0.05, 0) is 25.0 Å². The second-order valence-electron chi connectivity index (χ2n) is 16.5. The number of carbonyl (C=O) groups is 8. The van der Waals surface area contributed by atoms with Crippen molar-refractivity contribution in [2.75, 3.05) is 47.4 Å². The van der Waals surface area contributed by atoms with E-state index in [9.17, 15) is 57.7 Å². The maximum Gasteiger partial charge on any atom is 1.00 e. The molecule has 8 heterocycles. The molecular weight excluding hydrogens is 1330 g/mol. The molecule has 84 heavy (non-hydrogen) atoms. The first-order valence-electron chi connectivity index (χ1n) is 22.4. The molecule has 10 N–H and O–H groups in total. The van der Waals surface area contributed by atoms with Gasteiger partial charge >= 0.3 is 86.5 Å². The number of aliphatic carboxylic acids is 4. The number of β-lactam (4-membered cyclic amide) rings is 2. The molecule has 0 bridgehead atoms. The normalized spacial score (nSPS) is 18.5. The minimum absolute atomic E-state index is 0. The zero-order valence-corrected chi connectivity index (χ0v) is 56.2. The van der Waals surface area contributed by atoms with Crippen molar-refractivity contribution in [1.82, 2.24) is 40.4 Å². The van der Waals surface area contributed by atoms with Gasteiger partial charge in [-0.25, -0.2) is 29.1 Å². The summed E-state index contributed by atoms with van der Waals surface area (Å²) in [7, 11) is -6.96. The molecule has 2 fully saturated rings. The number of nitrogens with one attached hydrogen (secondary N) is 4. The Labute approximate surface area is 550 Å². The number of aromatic nitrogens is 4. The molecule has 32 nitrogen and oxygen atoms in total. The minimum Gasteiger partial charge on any atom is -0.543 e. The van der Waals surface area contributed by atoms with E-state index in [1.807, 2.05) is 10.2 Å². The standard InChI is InChI=1S/2C20H21N6O10PS4.2Na/c2*1-7-10(3-11(27)28)41-20(21-7)40-5-8-4-38-17-13(16(30)26(17)14(8)18(31)32)23-15(29)12(24-36-2)9-6-39-19(22-9)25-37(33,34)35;;/h2*6,13,17H,3-5H2,1-2H3,(H,23,29)(H,27,28)(H,31,32)(H3,22,25,33,34,35);;/q;;2*+1/p-2/t2*13-,17-;;/m11../s1. The number of thiazole rings is 4. The second kappa shape index (κ2) is 30.3. The van der Waals surface area contributed by atoms with Crippen molar-refractivity contribution < 1.29 is 156 Å². The van der Waals surface area contributed by atoms with Crippen LogP contribution in [-0.2, 0) is 70.0 Å². The predicted molar refractivity (Wildman–Crippen MR) is 295 cm³/mol. The van der Waals surface area contributed by atoms with Crippen LogP contribution in [0.4, 0.5) is 10.3 Å². The molecule has 4 aliphatic heterocycles. The van der Waals surface area contributed by atoms with E-state index in [1.54, 1.807) is 13.8 Å². The Morgan fingerprint density at radius 3 is 1.33 bits per heavy atom. The molecule has 2 saturated heterocycles. The molecule has 0 unspecified atom stereocenters. The summed E-state index contributed by atoms with van der Waals surface area (Å²) in [5, 5.41) is 58.9. The number of carbonyl (C=O) groups excluding carboxylic acids is 6. The summed E-state index contributed by atoms with van der Waals surface area (Å²) < 4.78 is 23.4. The summed E-state index contributed by atoms with van der Waals surface area (Å²) in [6.45, 7) is 3.38. The van der Waals surface area contributed by atoms with Crippen LogP contribution in [-0.4, -0.2) is 179 Å². The van der Waals surface area contributed by atoms with Crippen molar-refractivity contribution in [1.29, 1.82) is 0 Å². The summed E-state index contributed by atoms with van der Waals surface area (Å²) in [6, 6.07) is -2.21. The van der Waals surface area contributed by atoms with Gasteiger partial charge in [-0.2, -0.15) is 0 Å². The maximum absolute atomic E-state index is 13.0. The number of aryl methyl sites for hydroxylation is 2. The van der Waals surface area contributed by atoms with E-state index in [-0.39, 0.29) is 139 Å². The Kier molecular flexibility index (Phi) is 25.5. The number of carboxylic acid groups (broad SMARTS) is 4. The van der Waals surface area contributed by atoms with Crippen LogP contribution in [0.25, 0.3) is 0 Å². The number of anilines is 2. The number of thioether (sulfide) groups is 4. The van der Waals surface area contributed by atoms with Crippen LogP contribution in [0, 0.1) is 13.8 Å². The van der Waals surface area contributed by atoms with Crippen LogP contribution in [0.3, 0.4) is 0 Å². The van der Waals surface area contributed by atoms with Crippen LogP contribution in [0.2, 0.25) is 0 Å². The molecule has 4 aliphatic rings. The fourth-order valence-electron chi connectivity index (χ4n) is 7.52. The SMILES string of the molecule is CON=C(C(=O)N[C@@H]1C(=O)N2C(C(=O)[O-])=C(CSc3nc(C)c(CC(=O)O)s3)CS[C@H]12)c1csc(NP(=O)(O)O)n1.CON=C(C(=O)N[C@@H]1C(=O)N2C(C(=O)[O-])=C(CSc3nc(C)c(CC(=O)O)s3)CS[C@H]12)c1csc(NP(=O)(O)O)n1.[Na+].[Na+]. The number of nitrogens with zero attached hydrogens (tertiary/aromatic N) is 8. The number of amides is 4. The van der Waals surface area contributed by atoms with Crippen molar-refractivity contribution in [3.05, 3.63) is 65.8 Å². The van der Waals surface area contributed by atoms with Gasteiger partial charge in [0.05, 0.1) is 47.6 Å². The summed E-state index contributed by atoms with van der Waals surface area (Å²) >= 11 is 8.89. The Bertz CT molecular complexity index is 3270. The van der Waals surface area contributed by atoms with E-state index >= 15 is 0 Å². The fraction of sp³-hybridized carbons (Fsp3) is 0.350. The van der Waals surface area contributed by atoms with Crippen LogP contribution >= 0.6 is 108 Å². The van der Waals surface area contributed by atoms with E-state index < -0.39 is 85.8 Å². The maximum atomic E-state index is 13.0. The molecule has 4 atom stereocenters. The third-order valence-corrected chi connectivity index (χ3v) is 21.2. The smallest absolute Gasteiger partial charge is 0.543 e. The molecule has 0 saturated carbocycles. The summed E-state index contributed by atoms with van der Waals surface area (Å²) in [5.74, 6) is -7.46. The van der Waals surface area contributed by atoms with Crippen molar-refractivity contribution in [3.63, 3.8) is 0 Å². The molecule has 8 rings (SSSR count). The van der Waals surface area contributed by atoms with Crippen molar-refractivity contribution in [2.45, 2.75) is 58.2 Å². The molecule has 4 aromatic heterocycles. The molecule has 0 aliphatic carbocycles. The molecule has 44 heteroatoms. The van der Waals surface area contributed by atoms with Crippen LogP contribution in [0.1, 0.15) is 32.5 Å². The molecule has 4 aromatic rings. The third kappa shape index (κ3) is 17.6. The van der Waals surface area contributed by atoms with E-state index in [1.165, 1.54) is 80.5 Å². The van der Waals surface area contributed by atoms with Crippen LogP contribution in [0.15, 0.2) is 52.3 Å². The first kappa shape index (κ1) is 70.8. The van der Waals surface area contributed by atoms with Crippen molar-refractivity contribution in [2.24, 2.45) is 10.3 Å². The Morgan fingerprint density at radius 2 is 1.02 bits per heavy atom. The molecule has 4 amide bonds. The van der Waals surface area contributed by atoms with E-state index in [4.69, 9.17) is 39.5 Å². The van der Waals surface area contributed by atoms with Gasteiger partial charge in [-0.1, -0.05) is 33.8 Å². The molecule has 0 radical (unpaired) electrons. The van der Waals surface area contributed by atoms with E-state index in [0.29, 0.717) is 41.0 Å². The first-order valence-corrected chi connectivity index (χ1v) is 33.1. The number of fused-ring (bicyclic) bond motifs is 2. The zero-order valence-electron chi connectivity index (χ0n) is 43.8. The minimum atomic E-state index is -4.64. The Morgan fingerprint density at radius 1 is 0.667 bits per heavy atom. The number of rotatable bonds is 24. The Hall–Kier alpha value is -4.00. The van der Waals surface area contributed by atoms with Gasteiger partial charge in [-0.3, -0.25) is 48.7 Å². The zero-order chi connectivity index (χ0) is 60.1. The van der Waals surface area contributed by atoms with Gasteiger partial charge in [0, 0.05) is 43.5 Å². The van der Waals surface area contributed by atoms with Crippen LogP contribution < -0.4 is 90.1 Å². The van der Waals surface area contributed by atoms with E-state index in [0.717, 1.165) is 46.7 Å². The quantitative estimate of drug-likeness (QED) is 0.00778. The molecule has 0 spiro atoms. The largest absolute Gasteiger partial charge is 1.00 e. The van der Waals surface area contributed by atoms with Gasteiger partial charge < -0.3 is 69.9 Å². The summed E-state index contributed by atoms with van der Waals surface area (Å²) in [6.07, 6.45) is -0.344. The average molecular weight is 1370 g/mol. The average Bonchev–Trinajstić information content (AvgIpc) is 4.42. The molecule has 440 valence electrons. The van der Waals surface area contributed by atoms with Crippen molar-refractivity contribution >= 4 is 177 Å². The number of oxime groups is 2. The predicted octanol–water partition coefficient (Wildman–Crippen LogP) is -6.82. The van der Waals surface area contributed by atoms with Crippen LogP contribution in [0.5, 0.6) is 0 Å². The number of carboxylic acids is 4. The summed E-state index contributed by atoms with van der Waals surface area (Å²) in [4.78, 5) is 164. The number of hydrogen-bond donors (Lipinski definition) is 10. The molecular formula is C40H40N12Na2O20P2S8. The van der Waals surface area contributed by atoms with E-state index in [2.05, 4.69) is 40.9 Å². The van der Waals surface area contributed by atoms with Gasteiger partial charge in [-0.15, -0.1) is 68.9 Å². The summed E-state index contributed by atoms with van der Waals surface area (Å²) in [5.41, 5.74) is 0.480.